The fraction of sp³-hybridized carbons (Fsp3) is 0.650. The third-order valence-electron chi connectivity index (χ3n) is 4.23. The van der Waals surface area contributed by atoms with Gasteiger partial charge in [0.15, 0.2) is 5.78 Å². The molecule has 0 aliphatic heterocycles. The number of ether oxygens (including phenoxy) is 1. The maximum atomic E-state index is 11.6. The van der Waals surface area contributed by atoms with Crippen molar-refractivity contribution >= 4 is 5.78 Å². The molecule has 0 fully saturated rings. The van der Waals surface area contributed by atoms with Crippen LogP contribution in [0.5, 0.6) is 5.75 Å². The Morgan fingerprint density at radius 1 is 1.08 bits per heavy atom. The van der Waals surface area contributed by atoms with Crippen molar-refractivity contribution in [2.75, 3.05) is 26.2 Å². The largest absolute Gasteiger partial charge is 0.491 e. The summed E-state index contributed by atoms with van der Waals surface area (Å²) < 4.78 is 5.67. The van der Waals surface area contributed by atoms with E-state index in [2.05, 4.69) is 13.8 Å². The first-order chi connectivity index (χ1) is 11.6. The zero-order chi connectivity index (χ0) is 17.8. The van der Waals surface area contributed by atoms with E-state index in [1.165, 1.54) is 30.6 Å². The molecule has 4 heteroatoms. The Morgan fingerprint density at radius 2 is 1.67 bits per heavy atom. The van der Waals surface area contributed by atoms with Gasteiger partial charge in [-0.3, -0.25) is 4.79 Å². The summed E-state index contributed by atoms with van der Waals surface area (Å²) in [6.07, 6.45) is 4.80. The molecule has 0 saturated carbocycles. The van der Waals surface area contributed by atoms with E-state index in [0.717, 1.165) is 19.6 Å². The van der Waals surface area contributed by atoms with Gasteiger partial charge in [-0.15, -0.1) is 0 Å². The number of aliphatic hydroxyl groups excluding tert-OH is 1. The van der Waals surface area contributed by atoms with Crippen LogP contribution in [0.2, 0.25) is 0 Å². The van der Waals surface area contributed by atoms with Gasteiger partial charge in [0.2, 0.25) is 0 Å². The van der Waals surface area contributed by atoms with Crippen molar-refractivity contribution in [2.45, 2.75) is 59.0 Å². The van der Waals surface area contributed by atoms with Gasteiger partial charge in [-0.25, -0.2) is 0 Å². The van der Waals surface area contributed by atoms with Gasteiger partial charge in [-0.2, -0.15) is 0 Å². The highest BCUT2D eigenvalue weighted by Crippen LogP contribution is 2.13. The van der Waals surface area contributed by atoms with Gasteiger partial charge < -0.3 is 14.7 Å². The molecule has 0 saturated heterocycles. The number of quaternary nitrogens is 1. The number of nitrogens with one attached hydrogen (secondary N) is 1. The van der Waals surface area contributed by atoms with Crippen LogP contribution in [0.25, 0.3) is 0 Å². The van der Waals surface area contributed by atoms with Crippen molar-refractivity contribution in [1.29, 1.82) is 0 Å². The van der Waals surface area contributed by atoms with Gasteiger partial charge >= 0.3 is 0 Å². The van der Waals surface area contributed by atoms with E-state index in [0.29, 0.717) is 24.3 Å². The first-order valence-corrected chi connectivity index (χ1v) is 9.38. The molecule has 4 nitrogen and oxygen atoms in total. The highest BCUT2D eigenvalue weighted by molar-refractivity contribution is 5.95. The number of carbonyl (C=O) groups excluding carboxylic acids is 1. The summed E-state index contributed by atoms with van der Waals surface area (Å²) >= 11 is 0. The van der Waals surface area contributed by atoms with E-state index >= 15 is 0 Å². The maximum absolute atomic E-state index is 11.6. The fourth-order valence-corrected chi connectivity index (χ4v) is 2.71. The van der Waals surface area contributed by atoms with Crippen molar-refractivity contribution < 1.29 is 19.5 Å². The summed E-state index contributed by atoms with van der Waals surface area (Å²) in [6.45, 7) is 9.50. The first-order valence-electron chi connectivity index (χ1n) is 9.38. The summed E-state index contributed by atoms with van der Waals surface area (Å²) in [5, 5.41) is 10.3. The molecule has 24 heavy (non-hydrogen) atoms. The van der Waals surface area contributed by atoms with E-state index in [9.17, 15) is 9.90 Å². The summed E-state index contributed by atoms with van der Waals surface area (Å²) in [4.78, 5) is 13.1. The molecule has 1 aromatic carbocycles. The van der Waals surface area contributed by atoms with Crippen LogP contribution in [0.4, 0.5) is 0 Å². The molecular formula is C20H34NO3+. The monoisotopic (exact) mass is 336 g/mol. The molecule has 0 aliphatic rings. The number of Topliss-reactive ketones (excluding diaryl/α,β-unsaturated/α-hetero) is 1. The van der Waals surface area contributed by atoms with Crippen molar-refractivity contribution in [3.63, 3.8) is 0 Å². The number of rotatable bonds is 13. The van der Waals surface area contributed by atoms with Crippen LogP contribution in [0.1, 0.15) is 63.2 Å². The first kappa shape index (κ1) is 20.7. The fourth-order valence-electron chi connectivity index (χ4n) is 2.71. The van der Waals surface area contributed by atoms with Gasteiger partial charge in [0, 0.05) is 12.0 Å². The Hall–Kier alpha value is -1.39. The molecular weight excluding hydrogens is 302 g/mol. The molecule has 1 aromatic rings. The van der Waals surface area contributed by atoms with Crippen LogP contribution in [-0.2, 0) is 0 Å². The van der Waals surface area contributed by atoms with E-state index < -0.39 is 6.10 Å². The van der Waals surface area contributed by atoms with Crippen LogP contribution >= 0.6 is 0 Å². The van der Waals surface area contributed by atoms with Crippen LogP contribution in [-0.4, -0.2) is 43.2 Å². The number of benzene rings is 1. The molecule has 0 heterocycles. The van der Waals surface area contributed by atoms with Crippen molar-refractivity contribution in [2.24, 2.45) is 0 Å². The Morgan fingerprint density at radius 3 is 2.17 bits per heavy atom. The molecule has 1 atom stereocenters. The lowest BCUT2D eigenvalue weighted by Crippen LogP contribution is -3.13. The zero-order valence-corrected chi connectivity index (χ0v) is 15.5. The third kappa shape index (κ3) is 7.93. The van der Waals surface area contributed by atoms with Crippen LogP contribution in [0.3, 0.4) is 0 Å². The molecule has 0 aromatic heterocycles. The maximum Gasteiger partial charge on any atom is 0.162 e. The minimum Gasteiger partial charge on any atom is -0.491 e. The van der Waals surface area contributed by atoms with Crippen molar-refractivity contribution in [3.8, 4) is 5.75 Å². The van der Waals surface area contributed by atoms with E-state index in [1.807, 2.05) is 6.92 Å². The SMILES string of the molecule is CCCC[NH+](CCCC)C[C@H](O)COc1ccc(C(=O)CC)cc1. The minimum atomic E-state index is -0.467. The van der Waals surface area contributed by atoms with Gasteiger partial charge in [0.1, 0.15) is 25.0 Å². The number of hydrogen-bond acceptors (Lipinski definition) is 3. The average molecular weight is 336 g/mol. The predicted molar refractivity (Wildman–Crippen MR) is 97.9 cm³/mol. The summed E-state index contributed by atoms with van der Waals surface area (Å²) in [6, 6.07) is 7.17. The molecule has 2 N–H and O–H groups in total. The molecule has 1 rings (SSSR count). The van der Waals surface area contributed by atoms with Crippen LogP contribution < -0.4 is 9.64 Å². The van der Waals surface area contributed by atoms with E-state index in [-0.39, 0.29) is 5.78 Å². The second kappa shape index (κ2) is 12.0. The molecule has 0 bridgehead atoms. The molecule has 0 radical (unpaired) electrons. The van der Waals surface area contributed by atoms with Crippen LogP contribution in [0.15, 0.2) is 24.3 Å². The minimum absolute atomic E-state index is 0.132. The lowest BCUT2D eigenvalue weighted by atomic mass is 10.1. The Balaban J connectivity index is 2.42. The summed E-state index contributed by atoms with van der Waals surface area (Å²) in [7, 11) is 0. The number of aliphatic hydroxyl groups is 1. The van der Waals surface area contributed by atoms with Gasteiger partial charge in [-0.1, -0.05) is 33.6 Å². The Labute approximate surface area is 146 Å². The lowest BCUT2D eigenvalue weighted by Gasteiger charge is -2.22. The Kier molecular flexibility index (Phi) is 10.4. The average Bonchev–Trinajstić information content (AvgIpc) is 2.61. The van der Waals surface area contributed by atoms with Crippen molar-refractivity contribution in [1.82, 2.24) is 0 Å². The van der Waals surface area contributed by atoms with Crippen LogP contribution in [0, 0.1) is 0 Å². The smallest absolute Gasteiger partial charge is 0.162 e. The number of unbranched alkanes of at least 4 members (excludes halogenated alkanes) is 2. The van der Waals surface area contributed by atoms with Gasteiger partial charge in [0.05, 0.1) is 13.1 Å². The highest BCUT2D eigenvalue weighted by Gasteiger charge is 2.15. The van der Waals surface area contributed by atoms with E-state index in [4.69, 9.17) is 4.74 Å². The third-order valence-corrected chi connectivity index (χ3v) is 4.23. The van der Waals surface area contributed by atoms with Gasteiger partial charge in [-0.05, 0) is 37.1 Å². The normalized spacial score (nSPS) is 12.4. The van der Waals surface area contributed by atoms with Crippen molar-refractivity contribution in [3.05, 3.63) is 29.8 Å². The molecule has 136 valence electrons. The number of hydrogen-bond donors (Lipinski definition) is 2. The zero-order valence-electron chi connectivity index (χ0n) is 15.5. The topological polar surface area (TPSA) is 51.0 Å². The summed E-state index contributed by atoms with van der Waals surface area (Å²) in [5.74, 6) is 0.832. The van der Waals surface area contributed by atoms with Gasteiger partial charge in [0.25, 0.3) is 0 Å². The lowest BCUT2D eigenvalue weighted by molar-refractivity contribution is -0.903. The molecule has 0 amide bonds. The second-order valence-corrected chi connectivity index (χ2v) is 6.43. The standard InChI is InChI=1S/C20H33NO3/c1-4-7-13-21(14-8-5-2)15-18(22)16-24-19-11-9-17(10-12-19)20(23)6-3/h9-12,18,22H,4-8,13-16H2,1-3H3/p+1/t18-/m0/s1. The second-order valence-electron chi connectivity index (χ2n) is 6.43. The molecule has 0 unspecified atom stereocenters. The summed E-state index contributed by atoms with van der Waals surface area (Å²) in [5.41, 5.74) is 0.708. The number of carbonyl (C=O) groups is 1. The molecule has 0 aliphatic carbocycles. The van der Waals surface area contributed by atoms with E-state index in [1.54, 1.807) is 24.3 Å². The molecule has 0 spiro atoms. The predicted octanol–water partition coefficient (Wildman–Crippen LogP) is 2.50. The Bertz CT molecular complexity index is 450. The number of ketones is 1. The highest BCUT2D eigenvalue weighted by atomic mass is 16.5. The quantitative estimate of drug-likeness (QED) is 0.544.